The molecule has 0 aliphatic carbocycles. The molecule has 0 spiro atoms. The number of imidazole rings is 1. The Morgan fingerprint density at radius 1 is 0.556 bits per heavy atom. The van der Waals surface area contributed by atoms with E-state index in [1.165, 1.54) is 86.4 Å². The average Bonchev–Trinajstić information content (AvgIpc) is 3.67. The van der Waals surface area contributed by atoms with Gasteiger partial charge in [0.15, 0.2) is 0 Å². The first-order chi connectivity index (χ1) is 22.0. The quantitative estimate of drug-likeness (QED) is 0.186. The number of aromatic nitrogens is 2. The lowest BCUT2D eigenvalue weighted by molar-refractivity contribution is 1.24. The highest BCUT2D eigenvalue weighted by molar-refractivity contribution is 7.26. The van der Waals surface area contributed by atoms with Gasteiger partial charge in [0.05, 0.1) is 17.4 Å². The Labute approximate surface area is 265 Å². The summed E-state index contributed by atoms with van der Waals surface area (Å²) in [5, 5.41) is 6.28. The molecule has 0 N–H and O–H groups in total. The van der Waals surface area contributed by atoms with Crippen molar-refractivity contribution >= 4 is 58.8 Å². The first-order valence-corrected chi connectivity index (χ1v) is 16.3. The summed E-state index contributed by atoms with van der Waals surface area (Å²) < 4.78 is 5.04. The van der Waals surface area contributed by atoms with Crippen LogP contribution in [-0.4, -0.2) is 9.38 Å². The van der Waals surface area contributed by atoms with Crippen LogP contribution in [0.2, 0.25) is 0 Å². The molecular formula is C42H30N2S. The van der Waals surface area contributed by atoms with Crippen molar-refractivity contribution in [1.29, 1.82) is 0 Å². The zero-order valence-corrected chi connectivity index (χ0v) is 26.2. The summed E-state index contributed by atoms with van der Waals surface area (Å²) in [6, 6.07) is 44.6. The van der Waals surface area contributed by atoms with E-state index in [4.69, 9.17) is 4.98 Å². The first-order valence-electron chi connectivity index (χ1n) is 15.5. The minimum Gasteiger partial charge on any atom is -0.292 e. The summed E-state index contributed by atoms with van der Waals surface area (Å²) in [4.78, 5) is 5.01. The molecule has 0 saturated carbocycles. The molecule has 0 radical (unpaired) electrons. The molecule has 6 aromatic carbocycles. The Morgan fingerprint density at radius 3 is 2.09 bits per heavy atom. The number of hydrogen-bond donors (Lipinski definition) is 0. The molecule has 0 fully saturated rings. The van der Waals surface area contributed by atoms with Gasteiger partial charge in [0.25, 0.3) is 0 Å². The van der Waals surface area contributed by atoms with E-state index in [0.717, 1.165) is 11.3 Å². The fraction of sp³-hybridized carbons (Fsp3) is 0.0714. The molecule has 0 aliphatic rings. The van der Waals surface area contributed by atoms with E-state index in [0.29, 0.717) is 0 Å². The molecule has 0 bridgehead atoms. The third kappa shape index (κ3) is 3.97. The highest BCUT2D eigenvalue weighted by Crippen LogP contribution is 2.41. The van der Waals surface area contributed by atoms with E-state index in [-0.39, 0.29) is 0 Å². The van der Waals surface area contributed by atoms with Gasteiger partial charge >= 0.3 is 0 Å². The fourth-order valence-corrected chi connectivity index (χ4v) is 8.66. The second-order valence-electron chi connectivity index (χ2n) is 12.2. The van der Waals surface area contributed by atoms with Crippen LogP contribution in [0.25, 0.3) is 81.0 Å². The van der Waals surface area contributed by atoms with Crippen molar-refractivity contribution < 1.29 is 0 Å². The average molecular weight is 595 g/mol. The predicted octanol–water partition coefficient (Wildman–Crippen LogP) is 11.9. The van der Waals surface area contributed by atoms with Crippen molar-refractivity contribution in [3.8, 4) is 33.5 Å². The summed E-state index contributed by atoms with van der Waals surface area (Å²) in [5.41, 5.74) is 13.4. The van der Waals surface area contributed by atoms with Gasteiger partial charge in [-0.3, -0.25) is 4.40 Å². The minimum atomic E-state index is 0.999. The van der Waals surface area contributed by atoms with Gasteiger partial charge in [-0.2, -0.15) is 0 Å². The van der Waals surface area contributed by atoms with Gasteiger partial charge in [-0.25, -0.2) is 4.98 Å². The lowest BCUT2D eigenvalue weighted by Gasteiger charge is -2.15. The summed E-state index contributed by atoms with van der Waals surface area (Å²) in [6.07, 6.45) is 2.05. The van der Waals surface area contributed by atoms with Gasteiger partial charge in [-0.05, 0) is 83.8 Å². The maximum absolute atomic E-state index is 5.01. The minimum absolute atomic E-state index is 0.999. The topological polar surface area (TPSA) is 17.3 Å². The van der Waals surface area contributed by atoms with Crippen molar-refractivity contribution in [2.45, 2.75) is 20.8 Å². The largest absolute Gasteiger partial charge is 0.292 e. The number of aryl methyl sites for hydroxylation is 3. The van der Waals surface area contributed by atoms with E-state index in [9.17, 15) is 0 Å². The monoisotopic (exact) mass is 594 g/mol. The maximum Gasteiger partial charge on any atom is 0.145 e. The molecule has 0 saturated heterocycles. The number of benzene rings is 6. The molecular weight excluding hydrogens is 565 g/mol. The normalized spacial score (nSPS) is 11.9. The Morgan fingerprint density at radius 2 is 1.24 bits per heavy atom. The third-order valence-corrected chi connectivity index (χ3v) is 10.5. The number of rotatable bonds is 3. The molecule has 0 aliphatic heterocycles. The van der Waals surface area contributed by atoms with Gasteiger partial charge in [0, 0.05) is 36.5 Å². The Kier molecular flexibility index (Phi) is 5.75. The van der Waals surface area contributed by atoms with E-state index < -0.39 is 0 Å². The number of nitrogens with zero attached hydrogens (tertiary/aromatic N) is 2. The van der Waals surface area contributed by atoms with Crippen molar-refractivity contribution in [2.24, 2.45) is 0 Å². The summed E-state index contributed by atoms with van der Waals surface area (Å²) in [7, 11) is 0. The molecule has 45 heavy (non-hydrogen) atoms. The van der Waals surface area contributed by atoms with Gasteiger partial charge < -0.3 is 0 Å². The van der Waals surface area contributed by atoms with E-state index in [2.05, 4.69) is 153 Å². The second-order valence-corrected chi connectivity index (χ2v) is 13.3. The summed E-state index contributed by atoms with van der Waals surface area (Å²) >= 11 is 1.88. The molecule has 3 heteroatoms. The summed E-state index contributed by atoms with van der Waals surface area (Å²) in [6.45, 7) is 6.59. The molecule has 3 aromatic heterocycles. The van der Waals surface area contributed by atoms with Crippen LogP contribution in [0.3, 0.4) is 0 Å². The standard InChI is InChI=1S/C42H30N2S/c1-25-20-26(2)40(27(3)21-25)38-24-43-42-35-14-5-4-12-32(35)36-23-29(18-19-37(36)44(38)42)28-10-8-11-30(22-28)31-15-9-16-34-33-13-6-7-17-39(33)45-41(31)34/h4-24H,1-3H3. The van der Waals surface area contributed by atoms with Gasteiger partial charge in [-0.15, -0.1) is 11.3 Å². The van der Waals surface area contributed by atoms with E-state index >= 15 is 0 Å². The highest BCUT2D eigenvalue weighted by atomic mass is 32.1. The van der Waals surface area contributed by atoms with Crippen LogP contribution in [-0.2, 0) is 0 Å². The maximum atomic E-state index is 5.01. The van der Waals surface area contributed by atoms with Crippen LogP contribution < -0.4 is 0 Å². The van der Waals surface area contributed by atoms with Gasteiger partial charge in [-0.1, -0.05) is 103 Å². The van der Waals surface area contributed by atoms with Gasteiger partial charge in [0.2, 0.25) is 0 Å². The molecule has 214 valence electrons. The lowest BCUT2D eigenvalue weighted by Crippen LogP contribution is -1.97. The SMILES string of the molecule is Cc1cc(C)c(-c2cnc3c4ccccc4c4cc(-c5cccc(-c6cccc7c6sc6ccccc67)c5)ccc4n23)c(C)c1. The van der Waals surface area contributed by atoms with E-state index in [1.807, 2.05) is 11.3 Å². The molecule has 0 amide bonds. The van der Waals surface area contributed by atoms with Crippen LogP contribution in [0, 0.1) is 20.8 Å². The van der Waals surface area contributed by atoms with Crippen molar-refractivity contribution in [3.63, 3.8) is 0 Å². The first kappa shape index (κ1) is 26.2. The molecule has 9 rings (SSSR count). The molecule has 2 nitrogen and oxygen atoms in total. The molecule has 9 aromatic rings. The smallest absolute Gasteiger partial charge is 0.145 e. The van der Waals surface area contributed by atoms with Crippen LogP contribution >= 0.6 is 11.3 Å². The highest BCUT2D eigenvalue weighted by Gasteiger charge is 2.18. The van der Waals surface area contributed by atoms with Crippen molar-refractivity contribution in [1.82, 2.24) is 9.38 Å². The van der Waals surface area contributed by atoms with Crippen molar-refractivity contribution in [3.05, 3.63) is 144 Å². The van der Waals surface area contributed by atoms with Gasteiger partial charge in [0.1, 0.15) is 5.65 Å². The third-order valence-electron chi connectivity index (χ3n) is 9.30. The Hall–Kier alpha value is -5.25. The van der Waals surface area contributed by atoms with Crippen LogP contribution in [0.4, 0.5) is 0 Å². The fourth-order valence-electron chi connectivity index (χ4n) is 7.43. The second kappa shape index (κ2) is 9.88. The number of fused-ring (bicyclic) bond motifs is 9. The van der Waals surface area contributed by atoms with Crippen LogP contribution in [0.5, 0.6) is 0 Å². The zero-order chi connectivity index (χ0) is 30.2. The number of thiophene rings is 1. The van der Waals surface area contributed by atoms with E-state index in [1.54, 1.807) is 0 Å². The molecule has 3 heterocycles. The van der Waals surface area contributed by atoms with Crippen LogP contribution in [0.1, 0.15) is 16.7 Å². The van der Waals surface area contributed by atoms with Crippen molar-refractivity contribution in [2.75, 3.05) is 0 Å². The Balaban J connectivity index is 1.26. The summed E-state index contributed by atoms with van der Waals surface area (Å²) in [5.74, 6) is 0. The Bertz CT molecular complexity index is 2610. The number of pyridine rings is 1. The molecule has 0 unspecified atom stereocenters. The zero-order valence-electron chi connectivity index (χ0n) is 25.4. The van der Waals surface area contributed by atoms with Crippen LogP contribution in [0.15, 0.2) is 128 Å². The predicted molar refractivity (Wildman–Crippen MR) is 194 cm³/mol. The number of hydrogen-bond acceptors (Lipinski definition) is 2. The molecule has 0 atom stereocenters. The lowest BCUT2D eigenvalue weighted by atomic mass is 9.95.